The summed E-state index contributed by atoms with van der Waals surface area (Å²) in [6, 6.07) is 17.4. The van der Waals surface area contributed by atoms with Crippen LogP contribution >= 0.6 is 0 Å². The van der Waals surface area contributed by atoms with E-state index in [-0.39, 0.29) is 0 Å². The van der Waals surface area contributed by atoms with Crippen LogP contribution in [0.2, 0.25) is 0 Å². The number of aromatic nitrogens is 2. The molecule has 4 rings (SSSR count). The molecule has 0 bridgehead atoms. The number of aryl methyl sites for hydroxylation is 1. The molecular formula is C25H29N3. The number of H-pyrrole nitrogens is 1. The van der Waals surface area contributed by atoms with E-state index in [4.69, 9.17) is 5.73 Å². The number of rotatable bonds is 7. The average molecular weight is 372 g/mol. The number of unbranched alkanes of at least 4 members (excludes halogenated alkanes) is 1. The van der Waals surface area contributed by atoms with Crippen molar-refractivity contribution in [3.63, 3.8) is 0 Å². The highest BCUT2D eigenvalue weighted by Crippen LogP contribution is 2.34. The van der Waals surface area contributed by atoms with Crippen LogP contribution in [0.3, 0.4) is 0 Å². The number of pyridine rings is 1. The van der Waals surface area contributed by atoms with Gasteiger partial charge in [-0.2, -0.15) is 0 Å². The maximum Gasteiger partial charge on any atom is 0.0702 e. The molecule has 0 aliphatic rings. The monoisotopic (exact) mass is 371 g/mol. The summed E-state index contributed by atoms with van der Waals surface area (Å²) >= 11 is 0. The Morgan fingerprint density at radius 1 is 1.07 bits per heavy atom. The van der Waals surface area contributed by atoms with Crippen LogP contribution in [0.15, 0.2) is 54.7 Å². The summed E-state index contributed by atoms with van der Waals surface area (Å²) in [5.41, 5.74) is 13.2. The van der Waals surface area contributed by atoms with Crippen LogP contribution in [-0.4, -0.2) is 16.5 Å². The topological polar surface area (TPSA) is 54.7 Å². The summed E-state index contributed by atoms with van der Waals surface area (Å²) in [5, 5.41) is 2.52. The highest BCUT2D eigenvalue weighted by atomic mass is 14.7. The normalized spacial score (nSPS) is 12.7. The molecule has 144 valence electrons. The third-order valence-corrected chi connectivity index (χ3v) is 5.87. The van der Waals surface area contributed by atoms with E-state index in [9.17, 15) is 0 Å². The Balaban J connectivity index is 1.86. The van der Waals surface area contributed by atoms with Gasteiger partial charge >= 0.3 is 0 Å². The van der Waals surface area contributed by atoms with E-state index < -0.39 is 0 Å². The molecule has 1 atom stereocenters. The maximum absolute atomic E-state index is 5.76. The van der Waals surface area contributed by atoms with Crippen molar-refractivity contribution in [1.29, 1.82) is 0 Å². The molecule has 0 fully saturated rings. The SMILES string of the molecule is CCC(C)c1ccc2[nH]c(-c3cnc4ccccc4c3)c(CCCCN)c2c1. The Morgan fingerprint density at radius 3 is 2.75 bits per heavy atom. The van der Waals surface area contributed by atoms with Gasteiger partial charge in [-0.25, -0.2) is 0 Å². The van der Waals surface area contributed by atoms with Crippen molar-refractivity contribution in [2.24, 2.45) is 5.73 Å². The number of nitrogens with two attached hydrogens (primary N) is 1. The first kappa shape index (κ1) is 18.7. The molecule has 1 unspecified atom stereocenters. The number of nitrogens with one attached hydrogen (secondary N) is 1. The fourth-order valence-corrected chi connectivity index (χ4v) is 3.97. The average Bonchev–Trinajstić information content (AvgIpc) is 3.11. The van der Waals surface area contributed by atoms with Crippen molar-refractivity contribution in [2.75, 3.05) is 6.54 Å². The number of para-hydroxylation sites is 1. The molecular weight excluding hydrogens is 342 g/mol. The Bertz CT molecular complexity index is 1090. The first-order chi connectivity index (χ1) is 13.7. The van der Waals surface area contributed by atoms with Gasteiger partial charge in [0, 0.05) is 28.0 Å². The standard InChI is InChI=1S/C25H29N3/c1-3-17(2)18-11-12-24-22(15-18)21(9-6-7-13-26)25(28-24)20-14-19-8-4-5-10-23(19)27-16-20/h4-5,8,10-12,14-17,28H,3,6-7,9,13,26H2,1-2H3. The van der Waals surface area contributed by atoms with Gasteiger partial charge < -0.3 is 10.7 Å². The predicted molar refractivity (Wildman–Crippen MR) is 120 cm³/mol. The molecule has 0 aliphatic carbocycles. The Kier molecular flexibility index (Phi) is 5.45. The number of nitrogens with zero attached hydrogens (tertiary/aromatic N) is 1. The molecule has 0 saturated heterocycles. The largest absolute Gasteiger partial charge is 0.354 e. The summed E-state index contributed by atoms with van der Waals surface area (Å²) in [5.74, 6) is 0.571. The number of hydrogen-bond acceptors (Lipinski definition) is 2. The van der Waals surface area contributed by atoms with Crippen molar-refractivity contribution < 1.29 is 0 Å². The van der Waals surface area contributed by atoms with Gasteiger partial charge in [0.05, 0.1) is 11.2 Å². The lowest BCUT2D eigenvalue weighted by Gasteiger charge is -2.10. The van der Waals surface area contributed by atoms with Crippen molar-refractivity contribution in [1.82, 2.24) is 9.97 Å². The number of aromatic amines is 1. The lowest BCUT2D eigenvalue weighted by atomic mass is 9.94. The lowest BCUT2D eigenvalue weighted by molar-refractivity contribution is 0.734. The van der Waals surface area contributed by atoms with Crippen LogP contribution in [0.25, 0.3) is 33.1 Å². The van der Waals surface area contributed by atoms with Crippen LogP contribution in [0.1, 0.15) is 50.2 Å². The quantitative estimate of drug-likeness (QED) is 0.381. The summed E-state index contributed by atoms with van der Waals surface area (Å²) in [4.78, 5) is 8.37. The summed E-state index contributed by atoms with van der Waals surface area (Å²) in [7, 11) is 0. The second-order valence-corrected chi connectivity index (χ2v) is 7.76. The van der Waals surface area contributed by atoms with Crippen molar-refractivity contribution in [3.05, 3.63) is 65.9 Å². The molecule has 3 heteroatoms. The number of fused-ring (bicyclic) bond motifs is 2. The Morgan fingerprint density at radius 2 is 1.93 bits per heavy atom. The van der Waals surface area contributed by atoms with Crippen molar-refractivity contribution in [3.8, 4) is 11.3 Å². The van der Waals surface area contributed by atoms with E-state index in [0.29, 0.717) is 5.92 Å². The molecule has 2 aromatic heterocycles. The molecule has 0 spiro atoms. The van der Waals surface area contributed by atoms with Crippen LogP contribution in [-0.2, 0) is 6.42 Å². The molecule has 3 N–H and O–H groups in total. The second kappa shape index (κ2) is 8.15. The first-order valence-electron chi connectivity index (χ1n) is 10.4. The number of benzene rings is 2. The van der Waals surface area contributed by atoms with Crippen molar-refractivity contribution in [2.45, 2.75) is 45.4 Å². The fourth-order valence-electron chi connectivity index (χ4n) is 3.97. The van der Waals surface area contributed by atoms with Gasteiger partial charge in [0.25, 0.3) is 0 Å². The van der Waals surface area contributed by atoms with Gasteiger partial charge in [0.2, 0.25) is 0 Å². The minimum absolute atomic E-state index is 0.571. The van der Waals surface area contributed by atoms with E-state index in [1.165, 1.54) is 33.1 Å². The van der Waals surface area contributed by atoms with Gasteiger partial charge in [-0.05, 0) is 73.5 Å². The Labute approximate surface area is 167 Å². The zero-order chi connectivity index (χ0) is 19.5. The van der Waals surface area contributed by atoms with Gasteiger partial charge in [-0.15, -0.1) is 0 Å². The molecule has 2 aromatic carbocycles. The molecule has 28 heavy (non-hydrogen) atoms. The van der Waals surface area contributed by atoms with Gasteiger partial charge in [0.1, 0.15) is 0 Å². The van der Waals surface area contributed by atoms with Crippen LogP contribution in [0.5, 0.6) is 0 Å². The third-order valence-electron chi connectivity index (χ3n) is 5.87. The molecule has 4 aromatic rings. The summed E-state index contributed by atoms with van der Waals surface area (Å²) in [6.45, 7) is 5.30. The molecule has 0 saturated carbocycles. The highest BCUT2D eigenvalue weighted by Gasteiger charge is 2.15. The van der Waals surface area contributed by atoms with Crippen LogP contribution in [0.4, 0.5) is 0 Å². The van der Waals surface area contributed by atoms with Crippen LogP contribution in [0, 0.1) is 0 Å². The van der Waals surface area contributed by atoms with Crippen LogP contribution < -0.4 is 5.73 Å². The molecule has 2 heterocycles. The van der Waals surface area contributed by atoms with Gasteiger partial charge in [-0.3, -0.25) is 4.98 Å². The summed E-state index contributed by atoms with van der Waals surface area (Å²) in [6.07, 6.45) is 6.33. The lowest BCUT2D eigenvalue weighted by Crippen LogP contribution is -1.99. The highest BCUT2D eigenvalue weighted by molar-refractivity contribution is 5.93. The van der Waals surface area contributed by atoms with E-state index in [0.717, 1.165) is 43.3 Å². The second-order valence-electron chi connectivity index (χ2n) is 7.76. The van der Waals surface area contributed by atoms with E-state index in [1.807, 2.05) is 12.3 Å². The van der Waals surface area contributed by atoms with Gasteiger partial charge in [0.15, 0.2) is 0 Å². The molecule has 0 aliphatic heterocycles. The minimum Gasteiger partial charge on any atom is -0.354 e. The molecule has 0 amide bonds. The zero-order valence-electron chi connectivity index (χ0n) is 16.8. The van der Waals surface area contributed by atoms with E-state index >= 15 is 0 Å². The van der Waals surface area contributed by atoms with E-state index in [2.05, 4.69) is 66.3 Å². The fraction of sp³-hybridized carbons (Fsp3) is 0.320. The summed E-state index contributed by atoms with van der Waals surface area (Å²) < 4.78 is 0. The Hall–Kier alpha value is -2.65. The molecule has 0 radical (unpaired) electrons. The predicted octanol–water partition coefficient (Wildman–Crippen LogP) is 6.18. The number of hydrogen-bond donors (Lipinski definition) is 2. The smallest absolute Gasteiger partial charge is 0.0702 e. The van der Waals surface area contributed by atoms with E-state index in [1.54, 1.807) is 0 Å². The first-order valence-corrected chi connectivity index (χ1v) is 10.4. The molecule has 3 nitrogen and oxygen atoms in total. The minimum atomic E-state index is 0.571. The van der Waals surface area contributed by atoms with Crippen molar-refractivity contribution >= 4 is 21.8 Å². The zero-order valence-corrected chi connectivity index (χ0v) is 16.8. The maximum atomic E-state index is 5.76. The van der Waals surface area contributed by atoms with Gasteiger partial charge in [-0.1, -0.05) is 38.1 Å². The third kappa shape index (κ3) is 3.55.